The first-order valence-electron chi connectivity index (χ1n) is 4.91. The predicted octanol–water partition coefficient (Wildman–Crippen LogP) is 3.21. The Morgan fingerprint density at radius 2 is 1.00 bits per heavy atom. The van der Waals surface area contributed by atoms with Crippen LogP contribution in [-0.2, 0) is 9.13 Å². The van der Waals surface area contributed by atoms with Gasteiger partial charge in [0.2, 0.25) is 0 Å². The van der Waals surface area contributed by atoms with Crippen LogP contribution in [-0.4, -0.2) is 24.6 Å². The first-order chi connectivity index (χ1) is 5.95. The molecule has 13 heavy (non-hydrogen) atoms. The van der Waals surface area contributed by atoms with E-state index in [1.807, 2.05) is 27.7 Å². The molecule has 0 aromatic rings. The Balaban J connectivity index is 4.57. The zero-order chi connectivity index (χ0) is 10.5. The minimum Gasteiger partial charge on any atom is -0.306 e. The van der Waals surface area contributed by atoms with Gasteiger partial charge in [-0.2, -0.15) is 0 Å². The van der Waals surface area contributed by atoms with Crippen LogP contribution in [0.2, 0.25) is 0 Å². The fourth-order valence-corrected chi connectivity index (χ4v) is 6.88. The van der Waals surface area contributed by atoms with Gasteiger partial charge in [0, 0.05) is 24.6 Å². The molecule has 0 aromatic carbocycles. The van der Waals surface area contributed by atoms with Crippen LogP contribution in [0.4, 0.5) is 0 Å². The molecule has 0 saturated heterocycles. The van der Waals surface area contributed by atoms with Crippen LogP contribution >= 0.6 is 14.6 Å². The molecule has 0 radical (unpaired) electrons. The van der Waals surface area contributed by atoms with Crippen molar-refractivity contribution in [2.45, 2.75) is 27.7 Å². The molecule has 0 unspecified atom stereocenters. The van der Waals surface area contributed by atoms with Crippen LogP contribution in [0, 0.1) is 0 Å². The van der Waals surface area contributed by atoms with Crippen LogP contribution < -0.4 is 4.86 Å². The van der Waals surface area contributed by atoms with Gasteiger partial charge >= 0.3 is 0 Å². The molecule has 5 heteroatoms. The maximum absolute atomic E-state index is 12.0. The van der Waals surface area contributed by atoms with E-state index in [1.54, 1.807) is 0 Å². The third-order valence-electron chi connectivity index (χ3n) is 2.41. The molecule has 0 aliphatic carbocycles. The minimum absolute atomic E-state index is 0.591. The fraction of sp³-hybridized carbons (Fsp3) is 1.00. The summed E-state index contributed by atoms with van der Waals surface area (Å²) in [5.41, 5.74) is 0. The third-order valence-corrected chi connectivity index (χ3v) is 9.41. The maximum atomic E-state index is 12.0. The van der Waals surface area contributed by atoms with E-state index in [-0.39, 0.29) is 0 Å². The fourth-order valence-electron chi connectivity index (χ4n) is 1.06. The molecule has 0 heterocycles. The SMILES string of the molecule is CCP(=O)(CC)NP(=O)(CC)CC. The second kappa shape index (κ2) is 5.34. The molecule has 0 amide bonds. The van der Waals surface area contributed by atoms with E-state index in [2.05, 4.69) is 4.86 Å². The molecule has 0 rings (SSSR count). The highest BCUT2D eigenvalue weighted by atomic mass is 31.2. The summed E-state index contributed by atoms with van der Waals surface area (Å²) in [6.45, 7) is 7.53. The van der Waals surface area contributed by atoms with Crippen molar-refractivity contribution in [2.75, 3.05) is 24.6 Å². The summed E-state index contributed by atoms with van der Waals surface area (Å²) in [5.74, 6) is 0. The monoisotopic (exact) mass is 225 g/mol. The van der Waals surface area contributed by atoms with Crippen molar-refractivity contribution < 1.29 is 9.13 Å². The van der Waals surface area contributed by atoms with Gasteiger partial charge in [-0.25, -0.2) is 4.86 Å². The molecule has 80 valence electrons. The highest BCUT2D eigenvalue weighted by Gasteiger charge is 2.26. The summed E-state index contributed by atoms with van der Waals surface area (Å²) in [6.07, 6.45) is 2.36. The van der Waals surface area contributed by atoms with E-state index in [0.29, 0.717) is 24.6 Å². The van der Waals surface area contributed by atoms with Gasteiger partial charge in [0.1, 0.15) is 0 Å². The quantitative estimate of drug-likeness (QED) is 0.706. The first kappa shape index (κ1) is 13.4. The van der Waals surface area contributed by atoms with E-state index in [4.69, 9.17) is 0 Å². The first-order valence-corrected chi connectivity index (χ1v) is 9.06. The zero-order valence-electron chi connectivity index (χ0n) is 9.04. The molecule has 1 N–H and O–H groups in total. The highest BCUT2D eigenvalue weighted by Crippen LogP contribution is 2.54. The molecule has 0 aromatic heterocycles. The molecule has 0 spiro atoms. The summed E-state index contributed by atoms with van der Waals surface area (Å²) in [7, 11) is -4.70. The molecule has 0 atom stereocenters. The van der Waals surface area contributed by atoms with Crippen LogP contribution in [0.25, 0.3) is 0 Å². The number of hydrogen-bond acceptors (Lipinski definition) is 2. The van der Waals surface area contributed by atoms with E-state index in [0.717, 1.165) is 0 Å². The molecule has 0 aliphatic heterocycles. The van der Waals surface area contributed by atoms with E-state index in [9.17, 15) is 9.13 Å². The molecule has 0 bridgehead atoms. The van der Waals surface area contributed by atoms with Crippen LogP contribution in [0.1, 0.15) is 27.7 Å². The Kier molecular flexibility index (Phi) is 5.51. The lowest BCUT2D eigenvalue weighted by Crippen LogP contribution is -2.13. The summed E-state index contributed by atoms with van der Waals surface area (Å²) in [4.78, 5) is 2.92. The maximum Gasteiger partial charge on any atom is 0.152 e. The minimum atomic E-state index is -2.35. The second-order valence-electron chi connectivity index (χ2n) is 3.14. The molecule has 3 nitrogen and oxygen atoms in total. The standard InChI is InChI=1S/C8H21NO2P2/c1-5-12(10,6-2)9-13(11,7-3)8-4/h5-8H2,1-4H3,(H,9,10,11). The average molecular weight is 225 g/mol. The van der Waals surface area contributed by atoms with E-state index >= 15 is 0 Å². The van der Waals surface area contributed by atoms with Gasteiger partial charge in [-0.05, 0) is 0 Å². The van der Waals surface area contributed by atoms with Crippen molar-refractivity contribution in [1.29, 1.82) is 0 Å². The van der Waals surface area contributed by atoms with Crippen LogP contribution in [0.15, 0.2) is 0 Å². The van der Waals surface area contributed by atoms with Gasteiger partial charge in [0.15, 0.2) is 14.6 Å². The Hall–Kier alpha value is 0.420. The van der Waals surface area contributed by atoms with Crippen LogP contribution in [0.5, 0.6) is 0 Å². The van der Waals surface area contributed by atoms with Crippen molar-refractivity contribution in [3.05, 3.63) is 0 Å². The van der Waals surface area contributed by atoms with E-state index < -0.39 is 14.6 Å². The zero-order valence-corrected chi connectivity index (χ0v) is 10.8. The van der Waals surface area contributed by atoms with Gasteiger partial charge in [-0.1, -0.05) is 27.7 Å². The number of nitrogens with one attached hydrogen (secondary N) is 1. The molecule has 0 saturated carbocycles. The Labute approximate surface area is 81.5 Å². The van der Waals surface area contributed by atoms with Gasteiger partial charge < -0.3 is 9.13 Å². The normalized spacial score (nSPS) is 13.2. The summed E-state index contributed by atoms with van der Waals surface area (Å²) in [5, 5.41) is 0. The van der Waals surface area contributed by atoms with E-state index in [1.165, 1.54) is 0 Å². The predicted molar refractivity (Wildman–Crippen MR) is 60.5 cm³/mol. The molecule has 0 fully saturated rings. The highest BCUT2D eigenvalue weighted by molar-refractivity contribution is 7.77. The van der Waals surface area contributed by atoms with Gasteiger partial charge in [0.25, 0.3) is 0 Å². The largest absolute Gasteiger partial charge is 0.306 e. The van der Waals surface area contributed by atoms with Crippen molar-refractivity contribution in [2.24, 2.45) is 0 Å². The topological polar surface area (TPSA) is 46.2 Å². The van der Waals surface area contributed by atoms with Crippen LogP contribution in [0.3, 0.4) is 0 Å². The van der Waals surface area contributed by atoms with Gasteiger partial charge in [-0.15, -0.1) is 0 Å². The number of hydrogen-bond donors (Lipinski definition) is 1. The van der Waals surface area contributed by atoms with Crippen molar-refractivity contribution >= 4 is 14.6 Å². The van der Waals surface area contributed by atoms with Crippen molar-refractivity contribution in [1.82, 2.24) is 4.86 Å². The van der Waals surface area contributed by atoms with Gasteiger partial charge in [0.05, 0.1) is 0 Å². The Morgan fingerprint density at radius 3 is 1.15 bits per heavy atom. The van der Waals surface area contributed by atoms with Gasteiger partial charge in [-0.3, -0.25) is 0 Å². The molecule has 0 aliphatic rings. The molecular formula is C8H21NO2P2. The lowest BCUT2D eigenvalue weighted by atomic mass is 11.0. The lowest BCUT2D eigenvalue weighted by molar-refractivity contribution is 0.561. The Bertz CT molecular complexity index is 200. The smallest absolute Gasteiger partial charge is 0.152 e. The summed E-state index contributed by atoms with van der Waals surface area (Å²) < 4.78 is 24.0. The second-order valence-corrected chi connectivity index (χ2v) is 10.0. The Morgan fingerprint density at radius 1 is 0.769 bits per heavy atom. The van der Waals surface area contributed by atoms with Crippen molar-refractivity contribution in [3.8, 4) is 0 Å². The lowest BCUT2D eigenvalue weighted by Gasteiger charge is -2.23. The molecular weight excluding hydrogens is 204 g/mol. The summed E-state index contributed by atoms with van der Waals surface area (Å²) >= 11 is 0. The average Bonchev–Trinajstić information content (AvgIpc) is 2.17. The van der Waals surface area contributed by atoms with Crippen molar-refractivity contribution in [3.63, 3.8) is 0 Å². The number of rotatable bonds is 6. The third kappa shape index (κ3) is 3.97. The summed E-state index contributed by atoms with van der Waals surface area (Å²) in [6, 6.07) is 0.